The maximum atomic E-state index is 2.44. The Labute approximate surface area is 306 Å². The van der Waals surface area contributed by atoms with Crippen molar-refractivity contribution in [1.29, 1.82) is 0 Å². The van der Waals surface area contributed by atoms with Gasteiger partial charge in [-0.05, 0) is 114 Å². The lowest BCUT2D eigenvalue weighted by atomic mass is 9.81. The molecule has 2 aliphatic carbocycles. The third kappa shape index (κ3) is 4.70. The van der Waals surface area contributed by atoms with Crippen LogP contribution in [0.2, 0.25) is 0 Å². The quantitative estimate of drug-likeness (QED) is 0.181. The Morgan fingerprint density at radius 3 is 1.25 bits per heavy atom. The highest BCUT2D eigenvalue weighted by molar-refractivity contribution is 6.04. The molecular weight excluding hydrogens is 627 g/mol. The fourth-order valence-electron chi connectivity index (χ4n) is 8.72. The second-order valence-corrected chi connectivity index (χ2v) is 14.5. The van der Waals surface area contributed by atoms with Gasteiger partial charge in [-0.25, -0.2) is 0 Å². The van der Waals surface area contributed by atoms with E-state index in [1.165, 1.54) is 77.9 Å². The van der Waals surface area contributed by atoms with Gasteiger partial charge in [0.2, 0.25) is 0 Å². The van der Waals surface area contributed by atoms with E-state index in [-0.39, 0.29) is 5.41 Å². The highest BCUT2D eigenvalue weighted by Crippen LogP contribution is 2.52. The fourth-order valence-corrected chi connectivity index (χ4v) is 8.72. The smallest absolute Gasteiger partial charge is 0.0468 e. The molecule has 246 valence electrons. The third-order valence-electron chi connectivity index (χ3n) is 11.3. The van der Waals surface area contributed by atoms with E-state index < -0.39 is 0 Å². The number of nitrogens with zero attached hydrogens (tertiary/aromatic N) is 1. The molecule has 8 aromatic rings. The van der Waals surface area contributed by atoms with Crippen molar-refractivity contribution in [3.63, 3.8) is 0 Å². The van der Waals surface area contributed by atoms with Crippen LogP contribution in [0.25, 0.3) is 66.8 Å². The molecule has 0 radical (unpaired) electrons. The van der Waals surface area contributed by atoms with Crippen molar-refractivity contribution in [2.45, 2.75) is 19.3 Å². The summed E-state index contributed by atoms with van der Waals surface area (Å²) in [6.45, 7) is 4.69. The number of hydrogen-bond donors (Lipinski definition) is 0. The average Bonchev–Trinajstić information content (AvgIpc) is 3.43. The van der Waals surface area contributed by atoms with Gasteiger partial charge in [0.25, 0.3) is 0 Å². The van der Waals surface area contributed by atoms with E-state index in [0.29, 0.717) is 0 Å². The van der Waals surface area contributed by atoms with Crippen molar-refractivity contribution >= 4 is 17.1 Å². The topological polar surface area (TPSA) is 3.24 Å². The lowest BCUT2D eigenvalue weighted by molar-refractivity contribution is 0.660. The summed E-state index contributed by atoms with van der Waals surface area (Å²) in [6.07, 6.45) is 0. The van der Waals surface area contributed by atoms with Crippen molar-refractivity contribution in [2.75, 3.05) is 4.90 Å². The summed E-state index contributed by atoms with van der Waals surface area (Å²) in [5, 5.41) is 0. The molecule has 0 fully saturated rings. The van der Waals surface area contributed by atoms with Crippen molar-refractivity contribution < 1.29 is 0 Å². The molecule has 0 saturated carbocycles. The third-order valence-corrected chi connectivity index (χ3v) is 11.3. The molecule has 0 amide bonds. The van der Waals surface area contributed by atoms with Crippen molar-refractivity contribution in [3.8, 4) is 66.8 Å². The van der Waals surface area contributed by atoms with Gasteiger partial charge in [-0.3, -0.25) is 0 Å². The predicted molar refractivity (Wildman–Crippen MR) is 219 cm³/mol. The number of fused-ring (bicyclic) bond motifs is 11. The molecule has 0 aliphatic heterocycles. The Morgan fingerprint density at radius 1 is 0.288 bits per heavy atom. The van der Waals surface area contributed by atoms with Crippen LogP contribution in [0.5, 0.6) is 0 Å². The molecule has 2 aliphatic rings. The number of rotatable bonds is 4. The normalized spacial score (nSPS) is 13.0. The molecule has 8 aromatic carbocycles. The van der Waals surface area contributed by atoms with Crippen molar-refractivity contribution in [2.24, 2.45) is 0 Å². The van der Waals surface area contributed by atoms with Crippen LogP contribution in [0.1, 0.15) is 25.0 Å². The summed E-state index contributed by atoms with van der Waals surface area (Å²) in [5.41, 5.74) is 21.1. The summed E-state index contributed by atoms with van der Waals surface area (Å²) in [7, 11) is 0. The number of anilines is 3. The summed E-state index contributed by atoms with van der Waals surface area (Å²) < 4.78 is 0. The zero-order chi connectivity index (χ0) is 34.8. The summed E-state index contributed by atoms with van der Waals surface area (Å²) >= 11 is 0. The van der Waals surface area contributed by atoms with Gasteiger partial charge in [-0.1, -0.05) is 166 Å². The molecule has 1 nitrogen and oxygen atoms in total. The molecule has 1 heteroatoms. The highest BCUT2D eigenvalue weighted by atomic mass is 15.1. The van der Waals surface area contributed by atoms with E-state index in [1.54, 1.807) is 0 Å². The monoisotopic (exact) mass is 663 g/mol. The molecule has 0 aromatic heterocycles. The van der Waals surface area contributed by atoms with Crippen LogP contribution >= 0.6 is 0 Å². The Hall–Kier alpha value is -6.44. The first-order valence-electron chi connectivity index (χ1n) is 18.2. The summed E-state index contributed by atoms with van der Waals surface area (Å²) in [5.74, 6) is 0. The minimum absolute atomic E-state index is 0.0530. The van der Waals surface area contributed by atoms with Gasteiger partial charge in [0, 0.05) is 22.5 Å². The fraction of sp³-hybridized carbons (Fsp3) is 0.0588. The van der Waals surface area contributed by atoms with Crippen LogP contribution in [0, 0.1) is 0 Å². The first kappa shape index (κ1) is 30.4. The van der Waals surface area contributed by atoms with Gasteiger partial charge in [-0.2, -0.15) is 0 Å². The van der Waals surface area contributed by atoms with Crippen molar-refractivity contribution in [1.82, 2.24) is 0 Å². The van der Waals surface area contributed by atoms with Crippen LogP contribution < -0.4 is 4.90 Å². The molecule has 0 heterocycles. The molecule has 0 spiro atoms. The second-order valence-electron chi connectivity index (χ2n) is 14.5. The van der Waals surface area contributed by atoms with E-state index in [1.807, 2.05) is 0 Å². The molecule has 10 rings (SSSR count). The lowest BCUT2D eigenvalue weighted by Gasteiger charge is -2.29. The largest absolute Gasteiger partial charge is 0.310 e. The SMILES string of the molecule is CC1(C)c2ccccc2-c2cc(N(c3ccc(-c4ccccc4)cc3)c3ccc4c(c3)-c3ccccc3-c3ccccc3-c3ccccc3-4)ccc21. The van der Waals surface area contributed by atoms with Gasteiger partial charge >= 0.3 is 0 Å². The minimum atomic E-state index is -0.0530. The van der Waals surface area contributed by atoms with E-state index in [2.05, 4.69) is 207 Å². The van der Waals surface area contributed by atoms with E-state index in [0.717, 1.165) is 17.1 Å². The molecule has 0 N–H and O–H groups in total. The van der Waals surface area contributed by atoms with Crippen LogP contribution in [0.15, 0.2) is 188 Å². The van der Waals surface area contributed by atoms with Crippen LogP contribution in [0.3, 0.4) is 0 Å². The van der Waals surface area contributed by atoms with Crippen LogP contribution in [0.4, 0.5) is 17.1 Å². The van der Waals surface area contributed by atoms with Crippen LogP contribution in [-0.4, -0.2) is 0 Å². The van der Waals surface area contributed by atoms with Crippen LogP contribution in [-0.2, 0) is 5.41 Å². The molecular formula is C51H37N. The number of hydrogen-bond acceptors (Lipinski definition) is 1. The first-order valence-corrected chi connectivity index (χ1v) is 18.2. The van der Waals surface area contributed by atoms with Gasteiger partial charge in [0.1, 0.15) is 0 Å². The highest BCUT2D eigenvalue weighted by Gasteiger charge is 2.35. The van der Waals surface area contributed by atoms with Gasteiger partial charge in [-0.15, -0.1) is 0 Å². The Bertz CT molecular complexity index is 2640. The predicted octanol–water partition coefficient (Wildman–Crippen LogP) is 14.1. The second kappa shape index (κ2) is 11.8. The van der Waals surface area contributed by atoms with Gasteiger partial charge < -0.3 is 4.90 Å². The summed E-state index contributed by atoms with van der Waals surface area (Å²) in [6, 6.07) is 69.3. The Morgan fingerprint density at radius 2 is 0.673 bits per heavy atom. The molecule has 0 saturated heterocycles. The maximum absolute atomic E-state index is 2.44. The van der Waals surface area contributed by atoms with E-state index in [9.17, 15) is 0 Å². The Balaban J connectivity index is 1.20. The average molecular weight is 664 g/mol. The zero-order valence-corrected chi connectivity index (χ0v) is 29.3. The van der Waals surface area contributed by atoms with E-state index >= 15 is 0 Å². The molecule has 0 unspecified atom stereocenters. The minimum Gasteiger partial charge on any atom is -0.310 e. The summed E-state index contributed by atoms with van der Waals surface area (Å²) in [4.78, 5) is 2.44. The Kier molecular flexibility index (Phi) is 6.91. The maximum Gasteiger partial charge on any atom is 0.0468 e. The van der Waals surface area contributed by atoms with Gasteiger partial charge in [0.05, 0.1) is 0 Å². The first-order chi connectivity index (χ1) is 25.6. The van der Waals surface area contributed by atoms with E-state index in [4.69, 9.17) is 0 Å². The molecule has 0 bridgehead atoms. The molecule has 52 heavy (non-hydrogen) atoms. The molecule has 0 atom stereocenters. The van der Waals surface area contributed by atoms with Crippen molar-refractivity contribution in [3.05, 3.63) is 199 Å². The lowest BCUT2D eigenvalue weighted by Crippen LogP contribution is -2.15. The standard InChI is InChI=1S/C51H37N/c1-51(2)49-23-13-12-22-46(49)48-33-38(29-31-50(48)51)52(36-26-24-35(25-27-36)34-14-4-3-5-15-34)37-28-30-45-43-20-9-8-18-41(43)39-16-6-7-17-40(39)42-19-10-11-21-44(42)47(45)32-37/h3-33H,1-2H3. The number of benzene rings is 8. The van der Waals surface area contributed by atoms with Gasteiger partial charge in [0.15, 0.2) is 0 Å². The zero-order valence-electron chi connectivity index (χ0n) is 29.3.